The Balaban J connectivity index is 1.85. The van der Waals surface area contributed by atoms with Gasteiger partial charge in [0.15, 0.2) is 6.61 Å². The maximum absolute atomic E-state index is 12.5. The van der Waals surface area contributed by atoms with Crippen molar-refractivity contribution in [1.29, 1.82) is 0 Å². The first-order chi connectivity index (χ1) is 12.6. The summed E-state index contributed by atoms with van der Waals surface area (Å²) in [5, 5.41) is 2.76. The summed E-state index contributed by atoms with van der Waals surface area (Å²) in [6.45, 7) is 5.52. The number of nitrogens with zero attached hydrogens (tertiary/aromatic N) is 1. The van der Waals surface area contributed by atoms with Crippen LogP contribution >= 0.6 is 0 Å². The van der Waals surface area contributed by atoms with Crippen molar-refractivity contribution in [3.8, 4) is 5.75 Å². The van der Waals surface area contributed by atoms with Crippen molar-refractivity contribution in [2.45, 2.75) is 39.3 Å². The molecular weight excluding hydrogens is 361 g/mol. The van der Waals surface area contributed by atoms with Gasteiger partial charge in [0.2, 0.25) is 0 Å². The van der Waals surface area contributed by atoms with Crippen molar-refractivity contribution in [2.75, 3.05) is 18.5 Å². The van der Waals surface area contributed by atoms with E-state index in [-0.39, 0.29) is 12.5 Å². The Morgan fingerprint density at radius 2 is 2.04 bits per heavy atom. The molecule has 0 saturated heterocycles. The molecule has 0 bridgehead atoms. The van der Waals surface area contributed by atoms with Gasteiger partial charge in [0, 0.05) is 18.3 Å². The largest absolute Gasteiger partial charge is 0.522 e. The summed E-state index contributed by atoms with van der Waals surface area (Å²) < 4.78 is 47.1. The maximum Gasteiger partial charge on any atom is 0.522 e. The van der Waals surface area contributed by atoms with Crippen LogP contribution in [0.2, 0.25) is 0 Å². The minimum absolute atomic E-state index is 0.0175. The highest BCUT2D eigenvalue weighted by Crippen LogP contribution is 2.35. The van der Waals surface area contributed by atoms with Gasteiger partial charge in [-0.3, -0.25) is 9.53 Å². The van der Waals surface area contributed by atoms with Crippen molar-refractivity contribution in [3.63, 3.8) is 0 Å². The van der Waals surface area contributed by atoms with Gasteiger partial charge in [0.1, 0.15) is 5.75 Å². The number of halogens is 3. The first kappa shape index (κ1) is 19.3. The molecule has 1 amide bonds. The summed E-state index contributed by atoms with van der Waals surface area (Å²) in [5.74, 6) is 0.367. The second-order valence-corrected chi connectivity index (χ2v) is 6.68. The Kier molecular flexibility index (Phi) is 5.19. The first-order valence-electron chi connectivity index (χ1n) is 8.60. The number of hydrogen-bond acceptors (Lipinski definition) is 4. The molecule has 0 radical (unpaired) electrons. The van der Waals surface area contributed by atoms with Crippen LogP contribution in [0.25, 0.3) is 5.57 Å². The summed E-state index contributed by atoms with van der Waals surface area (Å²) in [7, 11) is 0. The van der Waals surface area contributed by atoms with E-state index in [4.69, 9.17) is 4.74 Å². The monoisotopic (exact) mass is 382 g/mol. The van der Waals surface area contributed by atoms with Crippen LogP contribution in [0.1, 0.15) is 26.3 Å². The number of anilines is 1. The Morgan fingerprint density at radius 3 is 2.74 bits per heavy atom. The SMILES string of the molecule is CC1=CCN(C(C)[C@H](C)OC(F)(F)F)C=C1c1ccc2c(c1)NC(=O)CO2. The van der Waals surface area contributed by atoms with Gasteiger partial charge in [-0.2, -0.15) is 0 Å². The van der Waals surface area contributed by atoms with Crippen LogP contribution in [0.3, 0.4) is 0 Å². The van der Waals surface area contributed by atoms with Gasteiger partial charge < -0.3 is 15.0 Å². The molecule has 0 aliphatic carbocycles. The van der Waals surface area contributed by atoms with Crippen LogP contribution in [0, 0.1) is 0 Å². The van der Waals surface area contributed by atoms with Gasteiger partial charge in [-0.1, -0.05) is 12.1 Å². The number of ether oxygens (including phenoxy) is 2. The Hall–Kier alpha value is -2.48. The zero-order valence-electron chi connectivity index (χ0n) is 15.3. The van der Waals surface area contributed by atoms with E-state index < -0.39 is 18.5 Å². The van der Waals surface area contributed by atoms with Gasteiger partial charge in [0.25, 0.3) is 5.91 Å². The summed E-state index contributed by atoms with van der Waals surface area (Å²) in [5.41, 5.74) is 3.30. The number of nitrogens with one attached hydrogen (secondary N) is 1. The van der Waals surface area contributed by atoms with Gasteiger partial charge in [-0.05, 0) is 44.0 Å². The van der Waals surface area contributed by atoms with Crippen LogP contribution in [0.4, 0.5) is 18.9 Å². The number of carbonyl (C=O) groups is 1. The van der Waals surface area contributed by atoms with Crippen LogP contribution in [-0.2, 0) is 9.53 Å². The molecule has 2 atom stereocenters. The van der Waals surface area contributed by atoms with Crippen molar-refractivity contribution in [2.24, 2.45) is 0 Å². The molecule has 0 aromatic heterocycles. The van der Waals surface area contributed by atoms with E-state index in [9.17, 15) is 18.0 Å². The average molecular weight is 382 g/mol. The normalized spacial score (nSPS) is 19.3. The molecule has 0 fully saturated rings. The van der Waals surface area contributed by atoms with Crippen molar-refractivity contribution < 1.29 is 27.4 Å². The number of amides is 1. The molecule has 0 saturated carbocycles. The third-order valence-corrected chi connectivity index (χ3v) is 4.77. The van der Waals surface area contributed by atoms with E-state index >= 15 is 0 Å². The molecule has 1 aromatic rings. The molecule has 146 valence electrons. The molecule has 0 spiro atoms. The number of hydrogen-bond donors (Lipinski definition) is 1. The molecule has 5 nitrogen and oxygen atoms in total. The standard InChI is InChI=1S/C19H21F3N2O3/c1-11-6-7-24(12(2)13(3)27-19(20,21)22)9-15(11)14-4-5-17-16(8-14)23-18(25)10-26-17/h4-6,8-9,12-13H,7,10H2,1-3H3,(H,23,25)/t12?,13-/m0/s1. The van der Waals surface area contributed by atoms with Gasteiger partial charge >= 0.3 is 6.36 Å². The van der Waals surface area contributed by atoms with Crippen LogP contribution in [-0.4, -0.2) is 42.5 Å². The fourth-order valence-electron chi connectivity index (χ4n) is 3.09. The lowest BCUT2D eigenvalue weighted by molar-refractivity contribution is -0.344. The molecule has 1 N–H and O–H groups in total. The minimum atomic E-state index is -4.67. The topological polar surface area (TPSA) is 50.8 Å². The predicted molar refractivity (Wildman–Crippen MR) is 95.1 cm³/mol. The van der Waals surface area contributed by atoms with Crippen molar-refractivity contribution >= 4 is 17.2 Å². The highest BCUT2D eigenvalue weighted by molar-refractivity contribution is 5.96. The van der Waals surface area contributed by atoms with Crippen LogP contribution in [0.5, 0.6) is 5.75 Å². The zero-order chi connectivity index (χ0) is 19.8. The molecule has 1 aromatic carbocycles. The molecule has 2 aliphatic rings. The fourth-order valence-corrected chi connectivity index (χ4v) is 3.09. The molecule has 2 heterocycles. The highest BCUT2D eigenvalue weighted by atomic mass is 19.4. The third-order valence-electron chi connectivity index (χ3n) is 4.77. The van der Waals surface area contributed by atoms with E-state index in [0.29, 0.717) is 18.0 Å². The lowest BCUT2D eigenvalue weighted by Crippen LogP contribution is -2.41. The van der Waals surface area contributed by atoms with Crippen LogP contribution in [0.15, 0.2) is 36.0 Å². The first-order valence-corrected chi connectivity index (χ1v) is 8.60. The summed E-state index contributed by atoms with van der Waals surface area (Å²) >= 11 is 0. The molecule has 27 heavy (non-hydrogen) atoms. The Labute approximate surface area is 155 Å². The lowest BCUT2D eigenvalue weighted by atomic mass is 9.95. The quantitative estimate of drug-likeness (QED) is 0.857. The average Bonchev–Trinajstić information content (AvgIpc) is 2.59. The highest BCUT2D eigenvalue weighted by Gasteiger charge is 2.35. The predicted octanol–water partition coefficient (Wildman–Crippen LogP) is 3.93. The number of rotatable bonds is 4. The van der Waals surface area contributed by atoms with Gasteiger partial charge in [-0.15, -0.1) is 13.2 Å². The number of fused-ring (bicyclic) bond motifs is 1. The molecule has 8 heteroatoms. The fraction of sp³-hybridized carbons (Fsp3) is 0.421. The van der Waals surface area contributed by atoms with Crippen molar-refractivity contribution in [3.05, 3.63) is 41.6 Å². The number of benzene rings is 1. The molecule has 2 aliphatic heterocycles. The van der Waals surface area contributed by atoms with E-state index in [1.54, 1.807) is 19.1 Å². The number of carbonyl (C=O) groups excluding carboxylic acids is 1. The van der Waals surface area contributed by atoms with Crippen LogP contribution < -0.4 is 10.1 Å². The minimum Gasteiger partial charge on any atom is -0.482 e. The van der Waals surface area contributed by atoms with E-state index in [1.807, 2.05) is 30.2 Å². The Bertz CT molecular complexity index is 802. The summed E-state index contributed by atoms with van der Waals surface area (Å²) in [4.78, 5) is 13.3. The zero-order valence-corrected chi connectivity index (χ0v) is 15.3. The Morgan fingerprint density at radius 1 is 1.30 bits per heavy atom. The van der Waals surface area contributed by atoms with Gasteiger partial charge in [0.05, 0.1) is 17.8 Å². The summed E-state index contributed by atoms with van der Waals surface area (Å²) in [6.07, 6.45) is -1.90. The molecule has 3 rings (SSSR count). The smallest absolute Gasteiger partial charge is 0.482 e. The van der Waals surface area contributed by atoms with Gasteiger partial charge in [-0.25, -0.2) is 0 Å². The lowest BCUT2D eigenvalue weighted by Gasteiger charge is -2.35. The van der Waals surface area contributed by atoms with E-state index in [0.717, 1.165) is 16.7 Å². The third kappa shape index (κ3) is 4.44. The number of allylic oxidation sites excluding steroid dienone is 2. The molecule has 1 unspecified atom stereocenters. The number of alkyl halides is 3. The van der Waals surface area contributed by atoms with E-state index in [1.165, 1.54) is 6.92 Å². The van der Waals surface area contributed by atoms with Crippen molar-refractivity contribution in [1.82, 2.24) is 4.90 Å². The summed E-state index contributed by atoms with van der Waals surface area (Å²) in [6, 6.07) is 4.96. The second-order valence-electron chi connectivity index (χ2n) is 6.68. The maximum atomic E-state index is 12.5. The van der Waals surface area contributed by atoms with E-state index in [2.05, 4.69) is 10.1 Å². The second kappa shape index (κ2) is 7.26. The molecular formula is C19H21F3N2O3.